The van der Waals surface area contributed by atoms with Crippen LogP contribution in [0.3, 0.4) is 0 Å². The zero-order valence-corrected chi connectivity index (χ0v) is 13.1. The van der Waals surface area contributed by atoms with Crippen LogP contribution in [0.2, 0.25) is 0 Å². The van der Waals surface area contributed by atoms with Gasteiger partial charge < -0.3 is 5.73 Å². The van der Waals surface area contributed by atoms with Gasteiger partial charge in [0.25, 0.3) is 0 Å². The molecule has 2 heteroatoms. The third-order valence-electron chi connectivity index (χ3n) is 4.90. The molecular formula is C22H16N2. The van der Waals surface area contributed by atoms with Gasteiger partial charge in [-0.05, 0) is 39.9 Å². The summed E-state index contributed by atoms with van der Waals surface area (Å²) < 4.78 is 0. The summed E-state index contributed by atoms with van der Waals surface area (Å²) in [4.78, 5) is 4.63. The maximum absolute atomic E-state index is 6.48. The summed E-state index contributed by atoms with van der Waals surface area (Å²) in [7, 11) is 0. The van der Waals surface area contributed by atoms with E-state index in [1.165, 1.54) is 27.8 Å². The fourth-order valence-electron chi connectivity index (χ4n) is 3.75. The molecule has 2 nitrogen and oxygen atoms in total. The van der Waals surface area contributed by atoms with E-state index in [2.05, 4.69) is 65.6 Å². The van der Waals surface area contributed by atoms with Crippen molar-refractivity contribution in [2.24, 2.45) is 5.73 Å². The minimum absolute atomic E-state index is 0.0513. The van der Waals surface area contributed by atoms with Crippen LogP contribution in [0.15, 0.2) is 79.0 Å². The van der Waals surface area contributed by atoms with E-state index in [1.54, 1.807) is 0 Å². The average molecular weight is 308 g/mol. The van der Waals surface area contributed by atoms with Crippen LogP contribution in [0.1, 0.15) is 17.2 Å². The van der Waals surface area contributed by atoms with Gasteiger partial charge in [-0.2, -0.15) is 0 Å². The maximum Gasteiger partial charge on any atom is 0.0702 e. The molecule has 1 atom stereocenters. The predicted molar refractivity (Wildman–Crippen MR) is 98.6 cm³/mol. The molecule has 1 unspecified atom stereocenters. The third-order valence-corrected chi connectivity index (χ3v) is 4.90. The molecule has 1 heterocycles. The molecule has 0 aliphatic heterocycles. The standard InChI is InChI=1S/C22H16N2/c23-22-18-8-3-2-7-17(18)21-16(9-5-10-19(21)22)15-12-14-6-1-4-11-20(14)24-13-15/h1-13,22H,23H2. The van der Waals surface area contributed by atoms with Crippen LogP contribution in [-0.4, -0.2) is 4.98 Å². The summed E-state index contributed by atoms with van der Waals surface area (Å²) in [5.41, 5.74) is 14.7. The van der Waals surface area contributed by atoms with Gasteiger partial charge >= 0.3 is 0 Å². The van der Waals surface area contributed by atoms with Crippen LogP contribution in [0.4, 0.5) is 0 Å². The van der Waals surface area contributed by atoms with Gasteiger partial charge in [0.2, 0.25) is 0 Å². The molecule has 0 saturated heterocycles. The number of fused-ring (bicyclic) bond motifs is 4. The quantitative estimate of drug-likeness (QED) is 0.541. The lowest BCUT2D eigenvalue weighted by molar-refractivity contribution is 0.901. The Morgan fingerprint density at radius 3 is 2.46 bits per heavy atom. The van der Waals surface area contributed by atoms with Gasteiger partial charge in [0.05, 0.1) is 11.6 Å². The highest BCUT2D eigenvalue weighted by Crippen LogP contribution is 2.46. The summed E-state index contributed by atoms with van der Waals surface area (Å²) in [5.74, 6) is 0. The van der Waals surface area contributed by atoms with Crippen molar-refractivity contribution in [3.05, 3.63) is 90.1 Å². The van der Waals surface area contributed by atoms with Gasteiger partial charge in [-0.1, -0.05) is 60.7 Å². The zero-order chi connectivity index (χ0) is 16.1. The van der Waals surface area contributed by atoms with Crippen molar-refractivity contribution in [1.29, 1.82) is 0 Å². The zero-order valence-electron chi connectivity index (χ0n) is 13.1. The number of nitrogens with zero attached hydrogens (tertiary/aromatic N) is 1. The normalized spacial score (nSPS) is 15.3. The lowest BCUT2D eigenvalue weighted by atomic mass is 9.94. The van der Waals surface area contributed by atoms with Crippen molar-refractivity contribution in [2.45, 2.75) is 6.04 Å². The SMILES string of the molecule is NC1c2ccccc2-c2c(-c3cnc4ccccc4c3)cccc21. The first-order valence-electron chi connectivity index (χ1n) is 8.16. The molecule has 1 aromatic heterocycles. The molecular weight excluding hydrogens is 292 g/mol. The second kappa shape index (κ2) is 5.02. The Labute approximate surface area is 140 Å². The smallest absolute Gasteiger partial charge is 0.0702 e. The molecule has 1 aliphatic rings. The van der Waals surface area contributed by atoms with E-state index in [0.29, 0.717) is 0 Å². The summed E-state index contributed by atoms with van der Waals surface area (Å²) in [6.45, 7) is 0. The van der Waals surface area contributed by atoms with E-state index in [4.69, 9.17) is 5.73 Å². The molecule has 3 aromatic carbocycles. The van der Waals surface area contributed by atoms with E-state index < -0.39 is 0 Å². The Morgan fingerprint density at radius 1 is 0.750 bits per heavy atom. The van der Waals surface area contributed by atoms with Crippen LogP contribution in [-0.2, 0) is 0 Å². The molecule has 0 amide bonds. The first-order valence-corrected chi connectivity index (χ1v) is 8.16. The van der Waals surface area contributed by atoms with Gasteiger partial charge in [-0.3, -0.25) is 4.98 Å². The number of hydrogen-bond acceptors (Lipinski definition) is 2. The minimum Gasteiger partial charge on any atom is -0.320 e. The Balaban J connectivity index is 1.79. The van der Waals surface area contributed by atoms with Gasteiger partial charge in [0.1, 0.15) is 0 Å². The number of benzene rings is 3. The Morgan fingerprint density at radius 2 is 1.50 bits per heavy atom. The largest absolute Gasteiger partial charge is 0.320 e. The van der Waals surface area contributed by atoms with E-state index >= 15 is 0 Å². The van der Waals surface area contributed by atoms with Crippen molar-refractivity contribution in [1.82, 2.24) is 4.98 Å². The first kappa shape index (κ1) is 13.5. The molecule has 24 heavy (non-hydrogen) atoms. The molecule has 5 rings (SSSR count). The molecule has 114 valence electrons. The Hall–Kier alpha value is -2.97. The van der Waals surface area contributed by atoms with Crippen LogP contribution < -0.4 is 5.73 Å². The Bertz CT molecular complexity index is 1080. The minimum atomic E-state index is -0.0513. The second-order valence-corrected chi connectivity index (χ2v) is 6.25. The molecule has 0 fully saturated rings. The van der Waals surface area contributed by atoms with E-state index in [-0.39, 0.29) is 6.04 Å². The molecule has 0 bridgehead atoms. The van der Waals surface area contributed by atoms with Crippen LogP contribution in [0, 0.1) is 0 Å². The van der Waals surface area contributed by atoms with Gasteiger partial charge in [0, 0.05) is 17.1 Å². The molecule has 0 spiro atoms. The lowest BCUT2D eigenvalue weighted by Gasteiger charge is -2.11. The topological polar surface area (TPSA) is 38.9 Å². The number of hydrogen-bond donors (Lipinski definition) is 1. The van der Waals surface area contributed by atoms with Crippen molar-refractivity contribution in [3.63, 3.8) is 0 Å². The second-order valence-electron chi connectivity index (χ2n) is 6.25. The average Bonchev–Trinajstić information content (AvgIpc) is 2.95. The van der Waals surface area contributed by atoms with Crippen LogP contribution >= 0.6 is 0 Å². The highest BCUT2D eigenvalue weighted by atomic mass is 14.7. The van der Waals surface area contributed by atoms with Gasteiger partial charge in [-0.25, -0.2) is 0 Å². The highest BCUT2D eigenvalue weighted by molar-refractivity contribution is 5.93. The first-order chi connectivity index (χ1) is 11.8. The van der Waals surface area contributed by atoms with Gasteiger partial charge in [0.15, 0.2) is 0 Å². The third kappa shape index (κ3) is 1.84. The van der Waals surface area contributed by atoms with Crippen molar-refractivity contribution < 1.29 is 0 Å². The maximum atomic E-state index is 6.48. The van der Waals surface area contributed by atoms with Gasteiger partial charge in [-0.15, -0.1) is 0 Å². The van der Waals surface area contributed by atoms with Crippen molar-refractivity contribution in [3.8, 4) is 22.3 Å². The molecule has 0 saturated carbocycles. The Kier molecular flexibility index (Phi) is 2.81. The van der Waals surface area contributed by atoms with Crippen molar-refractivity contribution in [2.75, 3.05) is 0 Å². The number of aromatic nitrogens is 1. The van der Waals surface area contributed by atoms with Crippen molar-refractivity contribution >= 4 is 10.9 Å². The highest BCUT2D eigenvalue weighted by Gasteiger charge is 2.27. The van der Waals surface area contributed by atoms with Crippen LogP contribution in [0.5, 0.6) is 0 Å². The number of pyridine rings is 1. The number of nitrogens with two attached hydrogens (primary N) is 1. The fourth-order valence-corrected chi connectivity index (χ4v) is 3.75. The molecule has 1 aliphatic carbocycles. The van der Waals surface area contributed by atoms with E-state index in [1.807, 2.05) is 18.3 Å². The monoisotopic (exact) mass is 308 g/mol. The summed E-state index contributed by atoms with van der Waals surface area (Å²) in [6.07, 6.45) is 1.96. The summed E-state index contributed by atoms with van der Waals surface area (Å²) in [6, 6.07) is 25.2. The van der Waals surface area contributed by atoms with E-state index in [0.717, 1.165) is 16.5 Å². The fraction of sp³-hybridized carbons (Fsp3) is 0.0455. The number of para-hydroxylation sites is 1. The predicted octanol–water partition coefficient (Wildman–Crippen LogP) is 4.93. The number of rotatable bonds is 1. The molecule has 0 radical (unpaired) electrons. The molecule has 4 aromatic rings. The summed E-state index contributed by atoms with van der Waals surface area (Å²) in [5, 5.41) is 1.16. The summed E-state index contributed by atoms with van der Waals surface area (Å²) >= 11 is 0. The van der Waals surface area contributed by atoms with Crippen LogP contribution in [0.25, 0.3) is 33.2 Å². The lowest BCUT2D eigenvalue weighted by Crippen LogP contribution is -2.07. The van der Waals surface area contributed by atoms with E-state index in [9.17, 15) is 0 Å². The molecule has 2 N–H and O–H groups in total.